The number of nitrogens with zero attached hydrogens (tertiary/aromatic N) is 1. The molecule has 0 atom stereocenters. The molecule has 2 aromatic rings. The number of rotatable bonds is 5. The van der Waals surface area contributed by atoms with Gasteiger partial charge >= 0.3 is 0 Å². The number of aromatic hydroxyl groups is 1. The molecule has 2 amide bonds. The van der Waals surface area contributed by atoms with Crippen molar-refractivity contribution < 1.29 is 14.7 Å². The van der Waals surface area contributed by atoms with Gasteiger partial charge in [-0.25, -0.2) is 0 Å². The minimum absolute atomic E-state index is 0.0235. The van der Waals surface area contributed by atoms with Crippen LogP contribution in [0.1, 0.15) is 45.8 Å². The van der Waals surface area contributed by atoms with Crippen LogP contribution in [-0.4, -0.2) is 34.9 Å². The molecule has 0 saturated carbocycles. The number of amides is 2. The van der Waals surface area contributed by atoms with Crippen molar-refractivity contribution in [3.63, 3.8) is 0 Å². The van der Waals surface area contributed by atoms with Crippen LogP contribution in [0.3, 0.4) is 0 Å². The Hall–Kier alpha value is -2.86. The Kier molecular flexibility index (Phi) is 5.76. The van der Waals surface area contributed by atoms with Crippen molar-refractivity contribution in [2.24, 2.45) is 11.5 Å². The number of hydrogen-bond donors (Lipinski definition) is 3. The second-order valence-electron chi connectivity index (χ2n) is 7.00. The summed E-state index contributed by atoms with van der Waals surface area (Å²) in [5.41, 5.74) is 14.1. The number of primary amides is 1. The van der Waals surface area contributed by atoms with Gasteiger partial charge in [0.1, 0.15) is 5.75 Å². The number of likely N-dealkylation sites (tertiary alicyclic amines) is 1. The molecule has 27 heavy (non-hydrogen) atoms. The highest BCUT2D eigenvalue weighted by Crippen LogP contribution is 2.29. The highest BCUT2D eigenvalue weighted by Gasteiger charge is 2.24. The lowest BCUT2D eigenvalue weighted by molar-refractivity contribution is -0.131. The monoisotopic (exact) mass is 367 g/mol. The lowest BCUT2D eigenvalue weighted by Crippen LogP contribution is -2.38. The number of nitrogens with two attached hydrogens (primary N) is 2. The summed E-state index contributed by atoms with van der Waals surface area (Å²) in [6.07, 6.45) is 2.04. The third-order valence-electron chi connectivity index (χ3n) is 5.19. The maximum atomic E-state index is 12.6. The first-order valence-electron chi connectivity index (χ1n) is 9.16. The first-order valence-corrected chi connectivity index (χ1v) is 9.16. The topological polar surface area (TPSA) is 110 Å². The fourth-order valence-corrected chi connectivity index (χ4v) is 3.62. The molecule has 0 bridgehead atoms. The number of hydrogen-bond acceptors (Lipinski definition) is 4. The van der Waals surface area contributed by atoms with E-state index >= 15 is 0 Å². The third kappa shape index (κ3) is 4.46. The summed E-state index contributed by atoms with van der Waals surface area (Å²) in [7, 11) is 0. The quantitative estimate of drug-likeness (QED) is 0.750. The molecule has 6 heteroatoms. The van der Waals surface area contributed by atoms with Gasteiger partial charge in [-0.15, -0.1) is 0 Å². The maximum absolute atomic E-state index is 12.6. The second-order valence-corrected chi connectivity index (χ2v) is 7.00. The Balaban J connectivity index is 1.58. The molecule has 1 aliphatic rings. The molecule has 6 nitrogen and oxygen atoms in total. The van der Waals surface area contributed by atoms with E-state index in [0.29, 0.717) is 31.1 Å². The minimum atomic E-state index is -0.689. The Bertz CT molecular complexity index is 842. The smallest absolute Gasteiger partial charge is 0.252 e. The van der Waals surface area contributed by atoms with E-state index in [0.717, 1.165) is 18.4 Å². The van der Waals surface area contributed by atoms with Crippen molar-refractivity contribution in [2.45, 2.75) is 31.7 Å². The lowest BCUT2D eigenvalue weighted by atomic mass is 9.88. The predicted octanol–water partition coefficient (Wildman–Crippen LogP) is 1.90. The number of carbonyl (C=O) groups excluding carboxylic acids is 2. The fraction of sp³-hybridized carbons (Fsp3) is 0.333. The minimum Gasteiger partial charge on any atom is -0.507 e. The van der Waals surface area contributed by atoms with Crippen LogP contribution in [0.2, 0.25) is 0 Å². The van der Waals surface area contributed by atoms with E-state index in [1.165, 1.54) is 17.7 Å². The zero-order valence-corrected chi connectivity index (χ0v) is 15.2. The van der Waals surface area contributed by atoms with Gasteiger partial charge in [-0.1, -0.05) is 30.3 Å². The van der Waals surface area contributed by atoms with Crippen LogP contribution < -0.4 is 11.5 Å². The number of piperidine rings is 1. The fourth-order valence-electron chi connectivity index (χ4n) is 3.62. The molecule has 5 N–H and O–H groups in total. The predicted molar refractivity (Wildman–Crippen MR) is 103 cm³/mol. The average Bonchev–Trinajstić information content (AvgIpc) is 2.68. The van der Waals surface area contributed by atoms with Gasteiger partial charge in [0.15, 0.2) is 0 Å². The van der Waals surface area contributed by atoms with Crippen LogP contribution in [0.4, 0.5) is 0 Å². The lowest BCUT2D eigenvalue weighted by Gasteiger charge is -2.32. The molecule has 0 aromatic heterocycles. The van der Waals surface area contributed by atoms with E-state index in [9.17, 15) is 14.7 Å². The molecule has 1 saturated heterocycles. The van der Waals surface area contributed by atoms with Crippen LogP contribution >= 0.6 is 0 Å². The van der Waals surface area contributed by atoms with E-state index in [-0.39, 0.29) is 23.6 Å². The summed E-state index contributed by atoms with van der Waals surface area (Å²) in [5.74, 6) is -0.410. The van der Waals surface area contributed by atoms with E-state index in [1.54, 1.807) is 6.07 Å². The molecule has 0 aliphatic carbocycles. The first kappa shape index (κ1) is 18.9. The molecular weight excluding hydrogens is 342 g/mol. The molecule has 0 spiro atoms. The molecular formula is C21H25N3O3. The summed E-state index contributed by atoms with van der Waals surface area (Å²) < 4.78 is 0. The largest absolute Gasteiger partial charge is 0.507 e. The van der Waals surface area contributed by atoms with Crippen molar-refractivity contribution in [3.05, 3.63) is 64.7 Å². The van der Waals surface area contributed by atoms with Gasteiger partial charge in [0.05, 0.1) is 12.0 Å². The summed E-state index contributed by atoms with van der Waals surface area (Å²) in [6, 6.07) is 12.9. The van der Waals surface area contributed by atoms with Crippen molar-refractivity contribution in [1.82, 2.24) is 4.90 Å². The van der Waals surface area contributed by atoms with Crippen molar-refractivity contribution in [2.75, 3.05) is 13.1 Å². The molecule has 0 unspecified atom stereocenters. The van der Waals surface area contributed by atoms with Crippen LogP contribution in [0, 0.1) is 0 Å². The Morgan fingerprint density at radius 2 is 1.81 bits per heavy atom. The molecule has 0 radical (unpaired) electrons. The number of phenols is 1. The van der Waals surface area contributed by atoms with Gasteiger partial charge in [0.2, 0.25) is 5.91 Å². The number of carbonyl (C=O) groups is 2. The van der Waals surface area contributed by atoms with Gasteiger partial charge in [0.25, 0.3) is 5.91 Å². The SMILES string of the molecule is NCc1cccc(C2CCN(C(=O)Cc3ccc(C(N)=O)c(O)c3)CC2)c1. The summed E-state index contributed by atoms with van der Waals surface area (Å²) in [4.78, 5) is 25.6. The van der Waals surface area contributed by atoms with Crippen LogP contribution in [-0.2, 0) is 17.8 Å². The summed E-state index contributed by atoms with van der Waals surface area (Å²) in [5, 5.41) is 9.85. The standard InChI is InChI=1S/C21H25N3O3/c22-13-15-2-1-3-17(10-15)16-6-8-24(9-7-16)20(26)12-14-4-5-18(21(23)27)19(25)11-14/h1-5,10-11,16,25H,6-9,12-13,22H2,(H2,23,27). The normalized spacial score (nSPS) is 14.9. The maximum Gasteiger partial charge on any atom is 0.252 e. The zero-order chi connectivity index (χ0) is 19.4. The van der Waals surface area contributed by atoms with Crippen LogP contribution in [0.25, 0.3) is 0 Å². The zero-order valence-electron chi connectivity index (χ0n) is 15.2. The molecule has 1 fully saturated rings. The molecule has 142 valence electrons. The Morgan fingerprint density at radius 1 is 1.07 bits per heavy atom. The number of benzene rings is 2. The van der Waals surface area contributed by atoms with Crippen molar-refractivity contribution in [3.8, 4) is 5.75 Å². The molecule has 1 heterocycles. The molecule has 2 aromatic carbocycles. The van der Waals surface area contributed by atoms with Crippen molar-refractivity contribution in [1.29, 1.82) is 0 Å². The molecule has 3 rings (SSSR count). The average molecular weight is 367 g/mol. The van der Waals surface area contributed by atoms with Gasteiger partial charge in [-0.3, -0.25) is 9.59 Å². The van der Waals surface area contributed by atoms with E-state index in [1.807, 2.05) is 17.0 Å². The Morgan fingerprint density at radius 3 is 2.44 bits per heavy atom. The Labute approximate surface area is 158 Å². The van der Waals surface area contributed by atoms with Crippen LogP contribution in [0.5, 0.6) is 5.75 Å². The van der Waals surface area contributed by atoms with E-state index in [2.05, 4.69) is 12.1 Å². The summed E-state index contributed by atoms with van der Waals surface area (Å²) in [6.45, 7) is 1.95. The highest BCUT2D eigenvalue weighted by atomic mass is 16.3. The second kappa shape index (κ2) is 8.22. The first-order chi connectivity index (χ1) is 13.0. The van der Waals surface area contributed by atoms with Crippen LogP contribution in [0.15, 0.2) is 42.5 Å². The summed E-state index contributed by atoms with van der Waals surface area (Å²) >= 11 is 0. The van der Waals surface area contributed by atoms with Gasteiger partial charge < -0.3 is 21.5 Å². The van der Waals surface area contributed by atoms with Gasteiger partial charge in [-0.2, -0.15) is 0 Å². The van der Waals surface area contributed by atoms with E-state index < -0.39 is 5.91 Å². The molecule has 1 aliphatic heterocycles. The van der Waals surface area contributed by atoms with Gasteiger partial charge in [-0.05, 0) is 47.6 Å². The van der Waals surface area contributed by atoms with Crippen molar-refractivity contribution >= 4 is 11.8 Å². The van der Waals surface area contributed by atoms with E-state index in [4.69, 9.17) is 11.5 Å². The van der Waals surface area contributed by atoms with Gasteiger partial charge in [0, 0.05) is 19.6 Å². The third-order valence-corrected chi connectivity index (χ3v) is 5.19. The highest BCUT2D eigenvalue weighted by molar-refractivity contribution is 5.95.